The topological polar surface area (TPSA) is 37.2 Å². The van der Waals surface area contributed by atoms with Crippen LogP contribution in [-0.2, 0) is 13.1 Å². The third kappa shape index (κ3) is 3.68. The molecular formula is C12H22N2O. The van der Waals surface area contributed by atoms with Gasteiger partial charge in [-0.3, -0.25) is 0 Å². The minimum atomic E-state index is 0.213. The SMILES string of the molecule is CCCn1cccc1CN[C@H](CC)CO. The molecule has 0 aliphatic rings. The average Bonchev–Trinajstić information content (AvgIpc) is 2.68. The molecule has 15 heavy (non-hydrogen) atoms. The van der Waals surface area contributed by atoms with Crippen molar-refractivity contribution in [2.75, 3.05) is 6.61 Å². The first-order valence-corrected chi connectivity index (χ1v) is 5.80. The first-order valence-electron chi connectivity index (χ1n) is 5.80. The Bertz CT molecular complexity index is 266. The molecule has 0 spiro atoms. The van der Waals surface area contributed by atoms with Crippen LogP contribution in [0, 0.1) is 0 Å². The maximum atomic E-state index is 9.06. The van der Waals surface area contributed by atoms with E-state index < -0.39 is 0 Å². The summed E-state index contributed by atoms with van der Waals surface area (Å²) in [5.74, 6) is 0. The predicted molar refractivity (Wildman–Crippen MR) is 62.7 cm³/mol. The molecule has 3 nitrogen and oxygen atoms in total. The van der Waals surface area contributed by atoms with Gasteiger partial charge in [-0.05, 0) is 25.0 Å². The number of nitrogens with zero attached hydrogens (tertiary/aromatic N) is 1. The van der Waals surface area contributed by atoms with E-state index in [0.717, 1.165) is 25.9 Å². The van der Waals surface area contributed by atoms with Crippen LogP contribution in [0.15, 0.2) is 18.3 Å². The van der Waals surface area contributed by atoms with Gasteiger partial charge in [0.15, 0.2) is 0 Å². The second kappa shape index (κ2) is 6.64. The van der Waals surface area contributed by atoms with Crippen molar-refractivity contribution in [3.8, 4) is 0 Å². The molecule has 1 aromatic heterocycles. The van der Waals surface area contributed by atoms with Gasteiger partial charge < -0.3 is 15.0 Å². The van der Waals surface area contributed by atoms with Crippen LogP contribution in [0.2, 0.25) is 0 Å². The molecule has 0 aliphatic heterocycles. The zero-order chi connectivity index (χ0) is 11.1. The van der Waals surface area contributed by atoms with Crippen LogP contribution in [0.5, 0.6) is 0 Å². The number of aryl methyl sites for hydroxylation is 1. The van der Waals surface area contributed by atoms with Gasteiger partial charge in [-0.1, -0.05) is 13.8 Å². The van der Waals surface area contributed by atoms with Crippen LogP contribution in [-0.4, -0.2) is 22.3 Å². The third-order valence-corrected chi connectivity index (χ3v) is 2.67. The molecule has 1 atom stereocenters. The maximum absolute atomic E-state index is 9.06. The molecule has 0 radical (unpaired) electrons. The third-order valence-electron chi connectivity index (χ3n) is 2.67. The van der Waals surface area contributed by atoms with Crippen molar-refractivity contribution in [2.24, 2.45) is 0 Å². The zero-order valence-corrected chi connectivity index (χ0v) is 9.74. The lowest BCUT2D eigenvalue weighted by atomic mass is 10.2. The predicted octanol–water partition coefficient (Wildman–Crippen LogP) is 1.76. The Hall–Kier alpha value is -0.800. The first kappa shape index (κ1) is 12.3. The summed E-state index contributed by atoms with van der Waals surface area (Å²) in [4.78, 5) is 0. The Labute approximate surface area is 92.1 Å². The highest BCUT2D eigenvalue weighted by Gasteiger charge is 2.05. The van der Waals surface area contributed by atoms with Crippen molar-refractivity contribution < 1.29 is 5.11 Å². The molecular weight excluding hydrogens is 188 g/mol. The number of aliphatic hydroxyl groups is 1. The first-order chi connectivity index (χ1) is 7.31. The highest BCUT2D eigenvalue weighted by Crippen LogP contribution is 2.04. The van der Waals surface area contributed by atoms with Gasteiger partial charge in [0.1, 0.15) is 0 Å². The second-order valence-corrected chi connectivity index (χ2v) is 3.86. The summed E-state index contributed by atoms with van der Waals surface area (Å²) in [6, 6.07) is 4.43. The molecule has 0 aliphatic carbocycles. The van der Waals surface area contributed by atoms with Crippen molar-refractivity contribution in [3.63, 3.8) is 0 Å². The van der Waals surface area contributed by atoms with Crippen molar-refractivity contribution >= 4 is 0 Å². The maximum Gasteiger partial charge on any atom is 0.0584 e. The summed E-state index contributed by atoms with van der Waals surface area (Å²) in [5.41, 5.74) is 1.30. The van der Waals surface area contributed by atoms with E-state index in [1.165, 1.54) is 5.69 Å². The number of hydrogen-bond acceptors (Lipinski definition) is 2. The zero-order valence-electron chi connectivity index (χ0n) is 9.74. The Morgan fingerprint density at radius 1 is 1.47 bits per heavy atom. The molecule has 0 unspecified atom stereocenters. The second-order valence-electron chi connectivity index (χ2n) is 3.86. The van der Waals surface area contributed by atoms with E-state index in [-0.39, 0.29) is 12.6 Å². The van der Waals surface area contributed by atoms with E-state index in [1.807, 2.05) is 0 Å². The molecule has 0 bridgehead atoms. The van der Waals surface area contributed by atoms with Gasteiger partial charge >= 0.3 is 0 Å². The van der Waals surface area contributed by atoms with Crippen molar-refractivity contribution in [3.05, 3.63) is 24.0 Å². The molecule has 1 heterocycles. The van der Waals surface area contributed by atoms with Gasteiger partial charge in [-0.25, -0.2) is 0 Å². The van der Waals surface area contributed by atoms with Crippen molar-refractivity contribution in [1.29, 1.82) is 0 Å². The summed E-state index contributed by atoms with van der Waals surface area (Å²) >= 11 is 0. The fourth-order valence-corrected chi connectivity index (χ4v) is 1.66. The van der Waals surface area contributed by atoms with Crippen LogP contribution in [0.4, 0.5) is 0 Å². The Morgan fingerprint density at radius 2 is 2.27 bits per heavy atom. The number of nitrogens with one attached hydrogen (secondary N) is 1. The number of aliphatic hydroxyl groups excluding tert-OH is 1. The molecule has 0 saturated carbocycles. The smallest absolute Gasteiger partial charge is 0.0584 e. The fourth-order valence-electron chi connectivity index (χ4n) is 1.66. The lowest BCUT2D eigenvalue weighted by Crippen LogP contribution is -2.31. The number of rotatable bonds is 7. The van der Waals surface area contributed by atoms with Gasteiger partial charge in [-0.15, -0.1) is 0 Å². The Kier molecular flexibility index (Phi) is 5.43. The molecule has 3 heteroatoms. The Balaban J connectivity index is 2.45. The van der Waals surface area contributed by atoms with E-state index in [0.29, 0.717) is 0 Å². The van der Waals surface area contributed by atoms with Gasteiger partial charge in [0, 0.05) is 31.0 Å². The van der Waals surface area contributed by atoms with E-state index in [9.17, 15) is 0 Å². The minimum absolute atomic E-state index is 0.213. The summed E-state index contributed by atoms with van der Waals surface area (Å²) in [7, 11) is 0. The van der Waals surface area contributed by atoms with Crippen molar-refractivity contribution in [2.45, 2.75) is 45.8 Å². The van der Waals surface area contributed by atoms with Gasteiger partial charge in [0.25, 0.3) is 0 Å². The average molecular weight is 210 g/mol. The van der Waals surface area contributed by atoms with E-state index >= 15 is 0 Å². The van der Waals surface area contributed by atoms with Crippen LogP contribution in [0.25, 0.3) is 0 Å². The standard InChI is InChI=1S/C12H22N2O/c1-3-7-14-8-5-6-12(14)9-13-11(4-2)10-15/h5-6,8,11,13,15H,3-4,7,9-10H2,1-2H3/t11-/m1/s1. The molecule has 1 rings (SSSR count). The lowest BCUT2D eigenvalue weighted by Gasteiger charge is -2.15. The monoisotopic (exact) mass is 210 g/mol. The van der Waals surface area contributed by atoms with E-state index in [1.54, 1.807) is 0 Å². The molecule has 0 fully saturated rings. The number of hydrogen-bond donors (Lipinski definition) is 2. The van der Waals surface area contributed by atoms with E-state index in [4.69, 9.17) is 5.11 Å². The number of aromatic nitrogens is 1. The minimum Gasteiger partial charge on any atom is -0.395 e. The van der Waals surface area contributed by atoms with Crippen LogP contribution >= 0.6 is 0 Å². The van der Waals surface area contributed by atoms with Crippen LogP contribution in [0.3, 0.4) is 0 Å². The van der Waals surface area contributed by atoms with E-state index in [2.05, 4.69) is 42.1 Å². The molecule has 0 aromatic carbocycles. The molecule has 2 N–H and O–H groups in total. The lowest BCUT2D eigenvalue weighted by molar-refractivity contribution is 0.237. The normalized spacial score (nSPS) is 13.0. The Morgan fingerprint density at radius 3 is 2.87 bits per heavy atom. The largest absolute Gasteiger partial charge is 0.395 e. The summed E-state index contributed by atoms with van der Waals surface area (Å²) in [5, 5.41) is 12.4. The van der Waals surface area contributed by atoms with Crippen LogP contribution in [0.1, 0.15) is 32.4 Å². The van der Waals surface area contributed by atoms with Gasteiger partial charge in [0.05, 0.1) is 6.61 Å². The van der Waals surface area contributed by atoms with Crippen molar-refractivity contribution in [1.82, 2.24) is 9.88 Å². The van der Waals surface area contributed by atoms with Crippen LogP contribution < -0.4 is 5.32 Å². The summed E-state index contributed by atoms with van der Waals surface area (Å²) < 4.78 is 2.26. The quantitative estimate of drug-likeness (QED) is 0.719. The highest BCUT2D eigenvalue weighted by molar-refractivity contribution is 5.07. The summed E-state index contributed by atoms with van der Waals surface area (Å²) in [6.45, 7) is 6.38. The fraction of sp³-hybridized carbons (Fsp3) is 0.667. The molecule has 0 amide bonds. The summed E-state index contributed by atoms with van der Waals surface area (Å²) in [6.07, 6.45) is 4.23. The molecule has 86 valence electrons. The highest BCUT2D eigenvalue weighted by atomic mass is 16.3. The molecule has 0 saturated heterocycles. The van der Waals surface area contributed by atoms with Gasteiger partial charge in [0.2, 0.25) is 0 Å². The van der Waals surface area contributed by atoms with Gasteiger partial charge in [-0.2, -0.15) is 0 Å². The molecule has 1 aromatic rings.